The molecule has 128 valence electrons. The Morgan fingerprint density at radius 2 is 2.20 bits per heavy atom. The van der Waals surface area contributed by atoms with Gasteiger partial charge in [-0.3, -0.25) is 9.69 Å². The number of ether oxygens (including phenoxy) is 1. The highest BCUT2D eigenvalue weighted by atomic mass is 32.1. The summed E-state index contributed by atoms with van der Waals surface area (Å²) in [6.07, 6.45) is 0.263. The molecule has 1 atom stereocenters. The highest BCUT2D eigenvalue weighted by Gasteiger charge is 2.37. The summed E-state index contributed by atoms with van der Waals surface area (Å²) in [5.74, 6) is 0.850. The Hall–Kier alpha value is -2.85. The maximum atomic E-state index is 12.2. The zero-order chi connectivity index (χ0) is 18.2. The van der Waals surface area contributed by atoms with Crippen LogP contribution in [0.1, 0.15) is 23.8 Å². The van der Waals surface area contributed by atoms with Crippen molar-refractivity contribution in [2.24, 2.45) is 10.7 Å². The molecule has 0 fully saturated rings. The van der Waals surface area contributed by atoms with E-state index in [1.165, 1.54) is 16.2 Å². The number of hydrogen-bond acceptors (Lipinski definition) is 6. The van der Waals surface area contributed by atoms with Gasteiger partial charge >= 0.3 is 0 Å². The molecule has 0 bridgehead atoms. The normalized spacial score (nSPS) is 20.2. The molecule has 1 aromatic carbocycles. The average Bonchev–Trinajstić information content (AvgIpc) is 3.10. The average molecular weight is 354 g/mol. The summed E-state index contributed by atoms with van der Waals surface area (Å²) >= 11 is 1.52. The highest BCUT2D eigenvalue weighted by molar-refractivity contribution is 7.10. The van der Waals surface area contributed by atoms with Crippen LogP contribution in [-0.4, -0.2) is 30.9 Å². The third-order valence-corrected chi connectivity index (χ3v) is 5.53. The number of carbonyl (C=O) groups excluding carboxylic acids is 1. The van der Waals surface area contributed by atoms with Crippen LogP contribution in [0.4, 0.5) is 0 Å². The Kier molecular flexibility index (Phi) is 4.23. The van der Waals surface area contributed by atoms with Gasteiger partial charge in [0.25, 0.3) is 0 Å². The van der Waals surface area contributed by atoms with Crippen molar-refractivity contribution in [3.8, 4) is 22.9 Å². The summed E-state index contributed by atoms with van der Waals surface area (Å²) < 4.78 is 5.41. The minimum Gasteiger partial charge on any atom is -0.496 e. The second-order valence-electron chi connectivity index (χ2n) is 6.10. The third-order valence-electron chi connectivity index (χ3n) is 4.34. The molecule has 2 heterocycles. The number of benzene rings is 1. The van der Waals surface area contributed by atoms with E-state index >= 15 is 0 Å². The SMILES string of the molecule is COc1ccc(C#N)cc1-c1csc([C@]2(C)CC(=O)N(C)C(N)=N2)c1. The first-order chi connectivity index (χ1) is 11.9. The molecule has 1 aliphatic heterocycles. The predicted molar refractivity (Wildman–Crippen MR) is 97.4 cm³/mol. The summed E-state index contributed by atoms with van der Waals surface area (Å²) in [7, 11) is 3.22. The molecular formula is C18H18N4O2S. The number of aliphatic imine (C=N–C) groups is 1. The minimum atomic E-state index is -0.684. The summed E-state index contributed by atoms with van der Waals surface area (Å²) in [6, 6.07) is 9.42. The molecule has 1 aromatic heterocycles. The summed E-state index contributed by atoms with van der Waals surface area (Å²) in [4.78, 5) is 19.0. The van der Waals surface area contributed by atoms with E-state index in [0.29, 0.717) is 11.3 Å². The molecule has 1 amide bonds. The van der Waals surface area contributed by atoms with Gasteiger partial charge in [0.2, 0.25) is 5.91 Å². The van der Waals surface area contributed by atoms with Crippen molar-refractivity contribution in [2.75, 3.05) is 14.2 Å². The van der Waals surface area contributed by atoms with Crippen LogP contribution in [-0.2, 0) is 10.3 Å². The molecule has 6 nitrogen and oxygen atoms in total. The molecule has 0 unspecified atom stereocenters. The zero-order valence-electron chi connectivity index (χ0n) is 14.2. The van der Waals surface area contributed by atoms with Gasteiger partial charge in [0.05, 0.1) is 25.2 Å². The number of hydrogen-bond donors (Lipinski definition) is 1. The molecular weight excluding hydrogens is 336 g/mol. The molecule has 1 aliphatic rings. The number of carbonyl (C=O) groups is 1. The molecule has 0 saturated heterocycles. The van der Waals surface area contributed by atoms with Crippen LogP contribution in [0.2, 0.25) is 0 Å². The maximum absolute atomic E-state index is 12.2. The lowest BCUT2D eigenvalue weighted by Crippen LogP contribution is -2.47. The number of thiophene rings is 1. The lowest BCUT2D eigenvalue weighted by molar-refractivity contribution is -0.128. The van der Waals surface area contributed by atoms with Gasteiger partial charge in [0.15, 0.2) is 5.96 Å². The van der Waals surface area contributed by atoms with Gasteiger partial charge in [-0.1, -0.05) is 0 Å². The van der Waals surface area contributed by atoms with E-state index in [1.54, 1.807) is 32.4 Å². The third kappa shape index (κ3) is 2.96. The van der Waals surface area contributed by atoms with Crippen molar-refractivity contribution < 1.29 is 9.53 Å². The van der Waals surface area contributed by atoms with E-state index in [0.717, 1.165) is 16.0 Å². The number of rotatable bonds is 3. The maximum Gasteiger partial charge on any atom is 0.231 e. The van der Waals surface area contributed by atoms with Crippen LogP contribution >= 0.6 is 11.3 Å². The largest absolute Gasteiger partial charge is 0.496 e. The van der Waals surface area contributed by atoms with Gasteiger partial charge in [0.1, 0.15) is 11.3 Å². The first-order valence-corrected chi connectivity index (χ1v) is 8.55. The standard InChI is InChI=1S/C18H18N4O2S/c1-18(8-16(23)22(2)17(20)21-18)15-7-12(10-25-15)13-6-11(9-19)4-5-14(13)24-3/h4-7,10H,8H2,1-3H3,(H2,20,21)/t18-/m0/s1. The highest BCUT2D eigenvalue weighted by Crippen LogP contribution is 2.41. The van der Waals surface area contributed by atoms with Crippen molar-refractivity contribution in [2.45, 2.75) is 18.9 Å². The Morgan fingerprint density at radius 3 is 2.84 bits per heavy atom. The van der Waals surface area contributed by atoms with E-state index < -0.39 is 5.54 Å². The Balaban J connectivity index is 2.05. The van der Waals surface area contributed by atoms with Crippen LogP contribution in [0, 0.1) is 11.3 Å². The second-order valence-corrected chi connectivity index (χ2v) is 7.01. The minimum absolute atomic E-state index is 0.0611. The van der Waals surface area contributed by atoms with Crippen molar-refractivity contribution >= 4 is 23.2 Å². The first-order valence-electron chi connectivity index (χ1n) is 7.67. The Morgan fingerprint density at radius 1 is 1.44 bits per heavy atom. The molecule has 2 N–H and O–H groups in total. The van der Waals surface area contributed by atoms with Gasteiger partial charge in [-0.15, -0.1) is 11.3 Å². The van der Waals surface area contributed by atoms with Crippen LogP contribution in [0.25, 0.3) is 11.1 Å². The molecule has 0 saturated carbocycles. The van der Waals surface area contributed by atoms with Gasteiger partial charge < -0.3 is 10.5 Å². The fourth-order valence-electron chi connectivity index (χ4n) is 2.81. The molecule has 25 heavy (non-hydrogen) atoms. The Bertz CT molecular complexity index is 912. The monoisotopic (exact) mass is 354 g/mol. The van der Waals surface area contributed by atoms with E-state index in [-0.39, 0.29) is 18.3 Å². The van der Waals surface area contributed by atoms with Gasteiger partial charge in [-0.25, -0.2) is 4.99 Å². The number of methoxy groups -OCH3 is 1. The van der Waals surface area contributed by atoms with E-state index in [1.807, 2.05) is 18.4 Å². The number of nitrogens with two attached hydrogens (primary N) is 1. The van der Waals surface area contributed by atoms with E-state index in [4.69, 9.17) is 15.7 Å². The second kappa shape index (κ2) is 6.22. The summed E-state index contributed by atoms with van der Waals surface area (Å²) in [6.45, 7) is 1.91. The van der Waals surface area contributed by atoms with Crippen molar-refractivity contribution in [1.82, 2.24) is 4.90 Å². The molecule has 3 rings (SSSR count). The fourth-order valence-corrected chi connectivity index (χ4v) is 3.83. The first kappa shape index (κ1) is 17.0. The lowest BCUT2D eigenvalue weighted by atomic mass is 9.93. The lowest BCUT2D eigenvalue weighted by Gasteiger charge is -2.32. The van der Waals surface area contributed by atoms with Crippen LogP contribution in [0.3, 0.4) is 0 Å². The molecule has 2 aromatic rings. The zero-order valence-corrected chi connectivity index (χ0v) is 15.1. The fraction of sp³-hybridized carbons (Fsp3) is 0.278. The van der Waals surface area contributed by atoms with Gasteiger partial charge in [0, 0.05) is 17.5 Å². The van der Waals surface area contributed by atoms with Crippen LogP contribution in [0.15, 0.2) is 34.6 Å². The van der Waals surface area contributed by atoms with E-state index in [2.05, 4.69) is 11.1 Å². The summed E-state index contributed by atoms with van der Waals surface area (Å²) in [5, 5.41) is 11.1. The molecule has 0 aliphatic carbocycles. The van der Waals surface area contributed by atoms with Crippen LogP contribution < -0.4 is 10.5 Å². The predicted octanol–water partition coefficient (Wildman–Crippen LogP) is 2.69. The molecule has 0 spiro atoms. The van der Waals surface area contributed by atoms with Crippen molar-refractivity contribution in [3.05, 3.63) is 40.1 Å². The van der Waals surface area contributed by atoms with Crippen molar-refractivity contribution in [3.63, 3.8) is 0 Å². The van der Waals surface area contributed by atoms with Gasteiger partial charge in [-0.05, 0) is 42.1 Å². The molecule has 7 heteroatoms. The van der Waals surface area contributed by atoms with Crippen molar-refractivity contribution in [1.29, 1.82) is 5.26 Å². The van der Waals surface area contributed by atoms with Gasteiger partial charge in [-0.2, -0.15) is 5.26 Å². The topological polar surface area (TPSA) is 91.7 Å². The number of nitriles is 1. The number of nitrogens with zero attached hydrogens (tertiary/aromatic N) is 3. The molecule has 0 radical (unpaired) electrons. The van der Waals surface area contributed by atoms with Crippen LogP contribution in [0.5, 0.6) is 5.75 Å². The number of amides is 1. The quantitative estimate of drug-likeness (QED) is 0.917. The Labute approximate surface area is 150 Å². The number of guanidine groups is 1. The summed E-state index contributed by atoms with van der Waals surface area (Å²) in [5.41, 5.74) is 7.53. The smallest absolute Gasteiger partial charge is 0.231 e. The van der Waals surface area contributed by atoms with E-state index in [9.17, 15) is 4.79 Å².